The third-order valence-corrected chi connectivity index (χ3v) is 6.52. The number of rotatable bonds is 6. The Hall–Kier alpha value is -0.911. The summed E-state index contributed by atoms with van der Waals surface area (Å²) in [5.41, 5.74) is 15.1. The number of carbonyl (C=O) groups excluding carboxylic acids is 3. The Morgan fingerprint density at radius 1 is 0.824 bits per heavy atom. The van der Waals surface area contributed by atoms with Gasteiger partial charge in [-0.25, -0.2) is 0 Å². The molecule has 6 N–H and O–H groups in total. The summed E-state index contributed by atoms with van der Waals surface area (Å²) in [6, 6.07) is 0. The van der Waals surface area contributed by atoms with Crippen molar-refractivity contribution in [2.75, 3.05) is 19.6 Å². The second-order valence-corrected chi connectivity index (χ2v) is 9.57. The van der Waals surface area contributed by atoms with Gasteiger partial charge in [-0.15, -0.1) is 0 Å². The van der Waals surface area contributed by atoms with Crippen LogP contribution in [-0.4, -0.2) is 57.2 Å². The van der Waals surface area contributed by atoms with Gasteiger partial charge < -0.3 is 0 Å². The standard InChI is InChI=1S/3C2H5NO2.CH3.Sn/c3*3-1-2(4)5;;/h3*1,3H2,(H,4,5);1H3;/q;;;;+3/p-3. The molecule has 0 heterocycles. The van der Waals surface area contributed by atoms with Gasteiger partial charge in [0.2, 0.25) is 0 Å². The van der Waals surface area contributed by atoms with Crippen LogP contribution in [0.1, 0.15) is 0 Å². The molecule has 0 aromatic heterocycles. The summed E-state index contributed by atoms with van der Waals surface area (Å²) in [5.74, 6) is -2.51. The molecule has 0 saturated heterocycles. The molecule has 0 atom stereocenters. The van der Waals surface area contributed by atoms with E-state index in [4.69, 9.17) is 26.4 Å². The molecular formula is C7H15N3O6Sn. The molecule has 0 saturated carbocycles. The molecule has 0 aliphatic carbocycles. The summed E-state index contributed by atoms with van der Waals surface area (Å²) < 4.78 is 14.3. The first-order valence-corrected chi connectivity index (χ1v) is 11.0. The van der Waals surface area contributed by atoms with E-state index >= 15 is 0 Å². The van der Waals surface area contributed by atoms with Crippen LogP contribution in [0.3, 0.4) is 0 Å². The minimum atomic E-state index is -4.59. The van der Waals surface area contributed by atoms with E-state index in [0.717, 1.165) is 0 Å². The van der Waals surface area contributed by atoms with E-state index in [0.29, 0.717) is 0 Å². The Labute approximate surface area is 103 Å². The Morgan fingerprint density at radius 2 is 1.06 bits per heavy atom. The Kier molecular flexibility index (Phi) is 7.02. The zero-order chi connectivity index (χ0) is 13.5. The van der Waals surface area contributed by atoms with Crippen LogP contribution in [0.15, 0.2) is 0 Å². The molecule has 0 unspecified atom stereocenters. The van der Waals surface area contributed by atoms with Gasteiger partial charge in [0.05, 0.1) is 0 Å². The maximum absolute atomic E-state index is 11.0. The Bertz CT molecular complexity index is 264. The molecular weight excluding hydrogens is 341 g/mol. The summed E-state index contributed by atoms with van der Waals surface area (Å²) in [7, 11) is 0. The van der Waals surface area contributed by atoms with Gasteiger partial charge in [-0.2, -0.15) is 0 Å². The van der Waals surface area contributed by atoms with Crippen molar-refractivity contribution in [3.8, 4) is 0 Å². The Balaban J connectivity index is 4.72. The van der Waals surface area contributed by atoms with Crippen molar-refractivity contribution in [2.45, 2.75) is 4.94 Å². The van der Waals surface area contributed by atoms with Crippen molar-refractivity contribution in [3.05, 3.63) is 0 Å². The maximum atomic E-state index is 11.0. The fourth-order valence-corrected chi connectivity index (χ4v) is 5.42. The molecule has 0 bridgehead atoms. The van der Waals surface area contributed by atoms with Crippen LogP contribution in [0.4, 0.5) is 0 Å². The molecule has 0 aliphatic heterocycles. The normalized spacial score (nSPS) is 10.6. The summed E-state index contributed by atoms with van der Waals surface area (Å²) >= 11 is -4.59. The van der Waals surface area contributed by atoms with E-state index in [2.05, 4.69) is 0 Å². The van der Waals surface area contributed by atoms with Gasteiger partial charge in [0.1, 0.15) is 0 Å². The number of hydrogen-bond donors (Lipinski definition) is 3. The molecule has 0 aromatic carbocycles. The first-order valence-electron chi connectivity index (χ1n) is 4.62. The predicted molar refractivity (Wildman–Crippen MR) is 57.1 cm³/mol. The van der Waals surface area contributed by atoms with Gasteiger partial charge in [0, 0.05) is 0 Å². The molecule has 0 aliphatic rings. The van der Waals surface area contributed by atoms with E-state index in [-0.39, 0.29) is 0 Å². The van der Waals surface area contributed by atoms with Gasteiger partial charge in [-0.05, 0) is 0 Å². The topological polar surface area (TPSA) is 157 Å². The molecule has 98 valence electrons. The first kappa shape index (κ1) is 16.1. The van der Waals surface area contributed by atoms with Crippen LogP contribution in [0.2, 0.25) is 4.94 Å². The van der Waals surface area contributed by atoms with E-state index in [1.807, 2.05) is 0 Å². The van der Waals surface area contributed by atoms with Crippen molar-refractivity contribution >= 4 is 37.5 Å². The van der Waals surface area contributed by atoms with Crippen molar-refractivity contribution in [1.29, 1.82) is 0 Å². The quantitative estimate of drug-likeness (QED) is 0.424. The third kappa shape index (κ3) is 6.41. The average molecular weight is 356 g/mol. The molecule has 0 radical (unpaired) electrons. The second-order valence-electron chi connectivity index (χ2n) is 2.90. The van der Waals surface area contributed by atoms with Crippen LogP contribution in [0.25, 0.3) is 0 Å². The SMILES string of the molecule is [CH3][Sn]([O]C(=O)CN)([O]C(=O)CN)[O]C(=O)CN. The monoisotopic (exact) mass is 357 g/mol. The van der Waals surface area contributed by atoms with Crippen LogP contribution in [-0.2, 0) is 23.6 Å². The van der Waals surface area contributed by atoms with E-state index in [9.17, 15) is 14.4 Å². The second kappa shape index (κ2) is 7.42. The van der Waals surface area contributed by atoms with Gasteiger partial charge in [-0.3, -0.25) is 0 Å². The number of carbonyl (C=O) groups is 3. The van der Waals surface area contributed by atoms with Crippen LogP contribution < -0.4 is 17.2 Å². The zero-order valence-corrected chi connectivity index (χ0v) is 12.2. The van der Waals surface area contributed by atoms with E-state index in [1.54, 1.807) is 0 Å². The molecule has 10 heteroatoms. The summed E-state index contributed by atoms with van der Waals surface area (Å²) in [5, 5.41) is 0. The first-order chi connectivity index (χ1) is 7.86. The summed E-state index contributed by atoms with van der Waals surface area (Å²) in [6.45, 7) is -1.27. The van der Waals surface area contributed by atoms with Crippen LogP contribution in [0, 0.1) is 0 Å². The fourth-order valence-electron chi connectivity index (χ4n) is 0.808. The van der Waals surface area contributed by atoms with Crippen molar-refractivity contribution < 1.29 is 23.6 Å². The third-order valence-electron chi connectivity index (χ3n) is 1.40. The molecule has 0 fully saturated rings. The molecule has 17 heavy (non-hydrogen) atoms. The number of nitrogens with two attached hydrogens (primary N) is 3. The minimum absolute atomic E-state index is 0.424. The summed E-state index contributed by atoms with van der Waals surface area (Å²) in [4.78, 5) is 34.3. The molecule has 0 rings (SSSR count). The van der Waals surface area contributed by atoms with E-state index < -0.39 is 57.2 Å². The summed E-state index contributed by atoms with van der Waals surface area (Å²) in [6.07, 6.45) is 0. The van der Waals surface area contributed by atoms with E-state index in [1.165, 1.54) is 4.94 Å². The molecule has 0 spiro atoms. The van der Waals surface area contributed by atoms with Crippen LogP contribution >= 0.6 is 0 Å². The van der Waals surface area contributed by atoms with Crippen molar-refractivity contribution in [1.82, 2.24) is 0 Å². The molecule has 0 amide bonds. The van der Waals surface area contributed by atoms with Gasteiger partial charge in [0.15, 0.2) is 0 Å². The predicted octanol–water partition coefficient (Wildman–Crippen LogP) is -2.94. The fraction of sp³-hybridized carbons (Fsp3) is 0.571. The van der Waals surface area contributed by atoms with Gasteiger partial charge >= 0.3 is 103 Å². The van der Waals surface area contributed by atoms with Crippen molar-refractivity contribution in [3.63, 3.8) is 0 Å². The van der Waals surface area contributed by atoms with Crippen molar-refractivity contribution in [2.24, 2.45) is 17.2 Å². The average Bonchev–Trinajstić information content (AvgIpc) is 2.27. The molecule has 9 nitrogen and oxygen atoms in total. The molecule has 0 aromatic rings. The van der Waals surface area contributed by atoms with Gasteiger partial charge in [0.25, 0.3) is 0 Å². The number of hydrogen-bond acceptors (Lipinski definition) is 9. The van der Waals surface area contributed by atoms with Gasteiger partial charge in [-0.1, -0.05) is 0 Å². The Morgan fingerprint density at radius 3 is 1.24 bits per heavy atom. The van der Waals surface area contributed by atoms with Crippen LogP contribution in [0.5, 0.6) is 0 Å². The zero-order valence-electron chi connectivity index (χ0n) is 9.30.